The number of anilines is 1. The fraction of sp³-hybridized carbons (Fsp3) is 0.467. The first-order valence-electron chi connectivity index (χ1n) is 7.03. The number of aldehydes is 1. The number of thiocarbonyl (C=S) groups is 1. The topological polar surface area (TPSA) is 71.0 Å². The highest BCUT2D eigenvalue weighted by Gasteiger charge is 2.37. The fourth-order valence-corrected chi connectivity index (χ4v) is 2.63. The summed E-state index contributed by atoms with van der Waals surface area (Å²) in [6.07, 6.45) is 0.0143. The number of carbonyl (C=O) groups excluding carboxylic acids is 1. The van der Waals surface area contributed by atoms with Crippen LogP contribution in [-0.2, 0) is 20.7 Å². The molecule has 1 aliphatic heterocycles. The van der Waals surface area contributed by atoms with Crippen LogP contribution in [0.25, 0.3) is 0 Å². The van der Waals surface area contributed by atoms with Crippen molar-refractivity contribution in [1.29, 1.82) is 0 Å². The van der Waals surface area contributed by atoms with Crippen molar-refractivity contribution >= 4 is 29.7 Å². The summed E-state index contributed by atoms with van der Waals surface area (Å²) in [5.41, 5.74) is 3.31. The molecular formula is C15H20N2O4S. The molecule has 1 aromatic rings. The Morgan fingerprint density at radius 2 is 2.27 bits per heavy atom. The summed E-state index contributed by atoms with van der Waals surface area (Å²) >= 11 is 4.77. The van der Waals surface area contributed by atoms with Gasteiger partial charge in [-0.15, -0.1) is 0 Å². The molecule has 1 saturated heterocycles. The Kier molecular flexibility index (Phi) is 6.26. The largest absolute Gasteiger partial charge is 0.396 e. The first-order valence-corrected chi connectivity index (χ1v) is 7.50. The van der Waals surface area contributed by atoms with E-state index in [-0.39, 0.29) is 12.7 Å². The number of carbonyl (C=O) groups is 1. The predicted molar refractivity (Wildman–Crippen MR) is 86.9 cm³/mol. The minimum absolute atomic E-state index is 0.115. The summed E-state index contributed by atoms with van der Waals surface area (Å²) in [6.45, 7) is 0.626. The van der Waals surface area contributed by atoms with Crippen LogP contribution in [0.4, 0.5) is 5.69 Å². The Morgan fingerprint density at radius 1 is 1.55 bits per heavy atom. The van der Waals surface area contributed by atoms with Crippen LogP contribution in [-0.4, -0.2) is 55.7 Å². The van der Waals surface area contributed by atoms with Crippen LogP contribution in [0.2, 0.25) is 0 Å². The predicted octanol–water partition coefficient (Wildman–Crippen LogP) is 0.471. The molecule has 2 N–H and O–H groups in total. The van der Waals surface area contributed by atoms with E-state index in [1.807, 2.05) is 29.2 Å². The standard InChI is InChI=1S/C15H20N2O4S/c1-20-15(16-10-22)13-8-17(14(9-19)21-13)12-4-2-11(3-5-12)6-7-18/h2-5,9-10,13-15,18H,6-8H2,1H3,(H,16,22)/t13-,14?,15?/m0/s1. The van der Waals surface area contributed by atoms with E-state index < -0.39 is 12.5 Å². The molecule has 6 nitrogen and oxygen atoms in total. The lowest BCUT2D eigenvalue weighted by Gasteiger charge is -2.22. The van der Waals surface area contributed by atoms with Crippen LogP contribution in [0.1, 0.15) is 5.56 Å². The zero-order chi connectivity index (χ0) is 15.9. The van der Waals surface area contributed by atoms with Gasteiger partial charge in [-0.25, -0.2) is 0 Å². The lowest BCUT2D eigenvalue weighted by Crippen LogP contribution is -2.42. The zero-order valence-corrected chi connectivity index (χ0v) is 13.2. The Bertz CT molecular complexity index is 497. The molecule has 1 aromatic carbocycles. The smallest absolute Gasteiger partial charge is 0.187 e. The number of aliphatic hydroxyl groups excluding tert-OH is 1. The third kappa shape index (κ3) is 3.80. The second-order valence-electron chi connectivity index (χ2n) is 4.93. The van der Waals surface area contributed by atoms with E-state index in [0.29, 0.717) is 13.0 Å². The van der Waals surface area contributed by atoms with Crippen molar-refractivity contribution < 1.29 is 19.4 Å². The van der Waals surface area contributed by atoms with Crippen LogP contribution in [0.3, 0.4) is 0 Å². The van der Waals surface area contributed by atoms with Crippen molar-refractivity contribution in [2.75, 3.05) is 25.2 Å². The minimum atomic E-state index is -0.654. The quantitative estimate of drug-likeness (QED) is 0.409. The normalized spacial score (nSPS) is 22.4. The van der Waals surface area contributed by atoms with Crippen LogP contribution in [0.15, 0.2) is 24.3 Å². The van der Waals surface area contributed by atoms with Crippen LogP contribution in [0, 0.1) is 0 Å². The van der Waals surface area contributed by atoms with Gasteiger partial charge in [-0.05, 0) is 24.1 Å². The molecule has 0 radical (unpaired) electrons. The van der Waals surface area contributed by atoms with Crippen LogP contribution >= 0.6 is 12.2 Å². The molecule has 2 unspecified atom stereocenters. The van der Waals surface area contributed by atoms with Crippen molar-refractivity contribution in [3.05, 3.63) is 29.8 Å². The van der Waals surface area contributed by atoms with Crippen LogP contribution < -0.4 is 10.2 Å². The van der Waals surface area contributed by atoms with Crippen molar-refractivity contribution in [3.8, 4) is 0 Å². The zero-order valence-electron chi connectivity index (χ0n) is 12.3. The van der Waals surface area contributed by atoms with Gasteiger partial charge < -0.3 is 24.8 Å². The number of nitrogens with one attached hydrogen (secondary N) is 1. The first-order chi connectivity index (χ1) is 10.7. The van der Waals surface area contributed by atoms with Crippen molar-refractivity contribution in [3.63, 3.8) is 0 Å². The monoisotopic (exact) mass is 324 g/mol. The molecule has 1 heterocycles. The number of benzene rings is 1. The lowest BCUT2D eigenvalue weighted by molar-refractivity contribution is -0.121. The third-order valence-electron chi connectivity index (χ3n) is 3.61. The summed E-state index contributed by atoms with van der Waals surface area (Å²) in [5, 5.41) is 11.8. The Labute approximate surface area is 135 Å². The summed E-state index contributed by atoms with van der Waals surface area (Å²) in [4.78, 5) is 13.2. The second kappa shape index (κ2) is 8.19. The van der Waals surface area contributed by atoms with Gasteiger partial charge in [0.15, 0.2) is 18.7 Å². The van der Waals surface area contributed by atoms with E-state index >= 15 is 0 Å². The number of hydrogen-bond acceptors (Lipinski definition) is 6. The molecule has 7 heteroatoms. The van der Waals surface area contributed by atoms with Crippen LogP contribution in [0.5, 0.6) is 0 Å². The van der Waals surface area contributed by atoms with Crippen molar-refractivity contribution in [2.24, 2.45) is 0 Å². The Morgan fingerprint density at radius 3 is 2.82 bits per heavy atom. The Balaban J connectivity index is 2.12. The summed E-state index contributed by atoms with van der Waals surface area (Å²) in [6, 6.07) is 7.71. The third-order valence-corrected chi connectivity index (χ3v) is 3.74. The van der Waals surface area contributed by atoms with E-state index in [1.54, 1.807) is 7.11 Å². The number of ether oxygens (including phenoxy) is 2. The minimum Gasteiger partial charge on any atom is -0.396 e. The maximum absolute atomic E-state index is 11.3. The summed E-state index contributed by atoms with van der Waals surface area (Å²) < 4.78 is 11.0. The van der Waals surface area contributed by atoms with Gasteiger partial charge in [0, 0.05) is 19.4 Å². The maximum atomic E-state index is 11.3. The highest BCUT2D eigenvalue weighted by molar-refractivity contribution is 7.78. The molecule has 0 aliphatic carbocycles. The number of rotatable bonds is 8. The van der Waals surface area contributed by atoms with Gasteiger partial charge in [-0.3, -0.25) is 4.79 Å². The van der Waals surface area contributed by atoms with Gasteiger partial charge in [0.1, 0.15) is 6.10 Å². The molecule has 120 valence electrons. The SMILES string of the molecule is COC(NC=S)[C@@H]1CN(c2ccc(CCO)cc2)C(C=O)O1. The van der Waals surface area contributed by atoms with Crippen molar-refractivity contribution in [1.82, 2.24) is 5.32 Å². The number of aliphatic hydroxyl groups is 1. The van der Waals surface area contributed by atoms with Gasteiger partial charge >= 0.3 is 0 Å². The molecule has 0 amide bonds. The first kappa shape index (κ1) is 16.8. The van der Waals surface area contributed by atoms with E-state index in [0.717, 1.165) is 17.5 Å². The van der Waals surface area contributed by atoms with Gasteiger partial charge in [0.25, 0.3) is 0 Å². The lowest BCUT2D eigenvalue weighted by atomic mass is 10.1. The maximum Gasteiger partial charge on any atom is 0.187 e. The summed E-state index contributed by atoms with van der Waals surface area (Å²) in [7, 11) is 1.56. The average molecular weight is 324 g/mol. The van der Waals surface area contributed by atoms with E-state index in [1.165, 1.54) is 5.49 Å². The molecule has 2 rings (SSSR count). The number of nitrogens with zero attached hydrogens (tertiary/aromatic N) is 1. The molecule has 0 bridgehead atoms. The van der Waals surface area contributed by atoms with E-state index in [4.69, 9.17) is 26.8 Å². The molecule has 0 aromatic heterocycles. The van der Waals surface area contributed by atoms with Gasteiger partial charge in [0.05, 0.1) is 12.0 Å². The highest BCUT2D eigenvalue weighted by Crippen LogP contribution is 2.25. The molecule has 0 spiro atoms. The molecule has 0 saturated carbocycles. The molecular weight excluding hydrogens is 304 g/mol. The van der Waals surface area contributed by atoms with E-state index in [2.05, 4.69) is 5.32 Å². The molecule has 1 aliphatic rings. The number of hydrogen-bond donors (Lipinski definition) is 2. The molecule has 1 fully saturated rings. The molecule has 22 heavy (non-hydrogen) atoms. The molecule has 3 atom stereocenters. The Hall–Kier alpha value is -1.54. The van der Waals surface area contributed by atoms with Gasteiger partial charge in [-0.1, -0.05) is 24.4 Å². The van der Waals surface area contributed by atoms with Gasteiger partial charge in [0.2, 0.25) is 0 Å². The van der Waals surface area contributed by atoms with E-state index in [9.17, 15) is 4.79 Å². The second-order valence-corrected chi connectivity index (χ2v) is 5.17. The summed E-state index contributed by atoms with van der Waals surface area (Å²) in [5.74, 6) is 0. The fourth-order valence-electron chi connectivity index (χ4n) is 2.50. The highest BCUT2D eigenvalue weighted by atomic mass is 32.1. The van der Waals surface area contributed by atoms with Gasteiger partial charge in [-0.2, -0.15) is 0 Å². The van der Waals surface area contributed by atoms with Crippen molar-refractivity contribution in [2.45, 2.75) is 25.0 Å². The number of methoxy groups -OCH3 is 1. The average Bonchev–Trinajstić information content (AvgIpc) is 2.97.